The van der Waals surface area contributed by atoms with Crippen LogP contribution in [0.3, 0.4) is 0 Å². The van der Waals surface area contributed by atoms with Gasteiger partial charge in [0.15, 0.2) is 0 Å². The quantitative estimate of drug-likeness (QED) is 0.606. The number of halogens is 1. The molecule has 1 aliphatic rings. The monoisotopic (exact) mass is 440 g/mol. The van der Waals surface area contributed by atoms with Crippen LogP contribution in [0.1, 0.15) is 62.8 Å². The maximum atomic E-state index is 13.8. The molecule has 1 aromatic carbocycles. The number of Topliss-reactive ketones (excluding diaryl/α,β-unsaturated/α-hetero) is 1. The SMILES string of the molecule is CCCc1ccc(CNC(=O)C(C)c2ccc(N)c(F)c2)c(N2CCC(C(C)=O)CC2)n1. The molecule has 2 heterocycles. The number of pyridine rings is 1. The molecule has 1 amide bonds. The van der Waals surface area contributed by atoms with Crippen molar-refractivity contribution in [2.24, 2.45) is 5.92 Å². The fraction of sp³-hybridized carbons (Fsp3) is 0.480. The van der Waals surface area contributed by atoms with Crippen LogP contribution in [0.15, 0.2) is 30.3 Å². The molecule has 1 fully saturated rings. The number of carbonyl (C=O) groups is 2. The average Bonchev–Trinajstić information content (AvgIpc) is 2.79. The minimum atomic E-state index is -0.519. The Labute approximate surface area is 189 Å². The van der Waals surface area contributed by atoms with Crippen LogP contribution in [0.4, 0.5) is 15.9 Å². The molecular formula is C25H33FN4O2. The van der Waals surface area contributed by atoms with Crippen LogP contribution < -0.4 is 16.0 Å². The Kier molecular flexibility index (Phi) is 7.83. The van der Waals surface area contributed by atoms with Gasteiger partial charge in [0.2, 0.25) is 5.91 Å². The van der Waals surface area contributed by atoms with Crippen molar-refractivity contribution in [2.45, 2.75) is 58.9 Å². The van der Waals surface area contributed by atoms with E-state index in [2.05, 4.69) is 17.1 Å². The second-order valence-corrected chi connectivity index (χ2v) is 8.63. The Morgan fingerprint density at radius 1 is 1.25 bits per heavy atom. The first-order valence-electron chi connectivity index (χ1n) is 11.4. The van der Waals surface area contributed by atoms with E-state index in [-0.39, 0.29) is 23.3 Å². The molecule has 1 saturated heterocycles. The fourth-order valence-electron chi connectivity index (χ4n) is 4.12. The minimum absolute atomic E-state index is 0.0674. The number of nitrogen functional groups attached to an aromatic ring is 1. The number of carbonyl (C=O) groups excluding carboxylic acids is 2. The lowest BCUT2D eigenvalue weighted by Gasteiger charge is -2.33. The first-order valence-corrected chi connectivity index (χ1v) is 11.4. The molecule has 1 unspecified atom stereocenters. The number of nitrogens with zero attached hydrogens (tertiary/aromatic N) is 2. The van der Waals surface area contributed by atoms with Crippen molar-refractivity contribution in [2.75, 3.05) is 23.7 Å². The zero-order chi connectivity index (χ0) is 23.3. The van der Waals surface area contributed by atoms with Crippen LogP contribution in [0.25, 0.3) is 0 Å². The van der Waals surface area contributed by atoms with Crippen molar-refractivity contribution in [3.8, 4) is 0 Å². The van der Waals surface area contributed by atoms with E-state index in [1.54, 1.807) is 19.9 Å². The largest absolute Gasteiger partial charge is 0.396 e. The maximum absolute atomic E-state index is 13.8. The Morgan fingerprint density at radius 2 is 1.97 bits per heavy atom. The van der Waals surface area contributed by atoms with E-state index < -0.39 is 11.7 Å². The highest BCUT2D eigenvalue weighted by Crippen LogP contribution is 2.27. The van der Waals surface area contributed by atoms with Crippen molar-refractivity contribution in [3.63, 3.8) is 0 Å². The number of hydrogen-bond donors (Lipinski definition) is 2. The molecule has 0 aliphatic carbocycles. The summed E-state index contributed by atoms with van der Waals surface area (Å²) in [5, 5.41) is 2.98. The Morgan fingerprint density at radius 3 is 2.59 bits per heavy atom. The van der Waals surface area contributed by atoms with E-state index in [1.807, 2.05) is 12.1 Å². The average molecular weight is 441 g/mol. The van der Waals surface area contributed by atoms with Crippen LogP contribution in [-0.4, -0.2) is 29.8 Å². The third-order valence-electron chi connectivity index (χ3n) is 6.26. The molecule has 32 heavy (non-hydrogen) atoms. The summed E-state index contributed by atoms with van der Waals surface area (Å²) < 4.78 is 13.8. The van der Waals surface area contributed by atoms with Crippen LogP contribution in [0.2, 0.25) is 0 Å². The highest BCUT2D eigenvalue weighted by Gasteiger charge is 2.25. The summed E-state index contributed by atoms with van der Waals surface area (Å²) in [6, 6.07) is 8.50. The molecule has 3 N–H and O–H groups in total. The Bertz CT molecular complexity index is 970. The van der Waals surface area contributed by atoms with Crippen molar-refractivity contribution >= 4 is 23.2 Å². The van der Waals surface area contributed by atoms with E-state index >= 15 is 0 Å². The topological polar surface area (TPSA) is 88.3 Å². The highest BCUT2D eigenvalue weighted by molar-refractivity contribution is 5.83. The van der Waals surface area contributed by atoms with Gasteiger partial charge in [-0.25, -0.2) is 9.37 Å². The van der Waals surface area contributed by atoms with Gasteiger partial charge >= 0.3 is 0 Å². The predicted molar refractivity (Wildman–Crippen MR) is 125 cm³/mol. The molecule has 6 nitrogen and oxygen atoms in total. The van der Waals surface area contributed by atoms with Crippen molar-refractivity contribution in [3.05, 3.63) is 53.0 Å². The number of anilines is 2. The number of aryl methyl sites for hydroxylation is 1. The van der Waals surface area contributed by atoms with E-state index in [0.29, 0.717) is 12.1 Å². The summed E-state index contributed by atoms with van der Waals surface area (Å²) in [7, 11) is 0. The molecule has 3 rings (SSSR count). The van der Waals surface area contributed by atoms with Gasteiger partial charge < -0.3 is 16.0 Å². The molecule has 2 aromatic rings. The van der Waals surface area contributed by atoms with Crippen LogP contribution in [0.5, 0.6) is 0 Å². The second-order valence-electron chi connectivity index (χ2n) is 8.63. The van der Waals surface area contributed by atoms with E-state index in [1.165, 1.54) is 12.1 Å². The number of hydrogen-bond acceptors (Lipinski definition) is 5. The van der Waals surface area contributed by atoms with Gasteiger partial charge in [-0.15, -0.1) is 0 Å². The summed E-state index contributed by atoms with van der Waals surface area (Å²) in [6.45, 7) is 7.41. The van der Waals surface area contributed by atoms with Gasteiger partial charge in [0.05, 0.1) is 11.6 Å². The summed E-state index contributed by atoms with van der Waals surface area (Å²) in [5.74, 6) is 0.0334. The van der Waals surface area contributed by atoms with Crippen molar-refractivity contribution in [1.82, 2.24) is 10.3 Å². The van der Waals surface area contributed by atoms with Gasteiger partial charge in [-0.3, -0.25) is 9.59 Å². The lowest BCUT2D eigenvalue weighted by Crippen LogP contribution is -2.37. The lowest BCUT2D eigenvalue weighted by molar-refractivity contribution is -0.122. The summed E-state index contributed by atoms with van der Waals surface area (Å²) >= 11 is 0. The molecule has 1 atom stereocenters. The Balaban J connectivity index is 1.73. The van der Waals surface area contributed by atoms with Gasteiger partial charge in [0.1, 0.15) is 17.4 Å². The number of nitrogens with one attached hydrogen (secondary N) is 1. The van der Waals surface area contributed by atoms with Gasteiger partial charge in [-0.2, -0.15) is 0 Å². The number of ketones is 1. The third-order valence-corrected chi connectivity index (χ3v) is 6.26. The molecular weight excluding hydrogens is 407 g/mol. The number of piperidine rings is 1. The summed E-state index contributed by atoms with van der Waals surface area (Å²) in [5.41, 5.74) is 8.15. The molecule has 0 spiro atoms. The van der Waals surface area contributed by atoms with E-state index in [0.717, 1.165) is 55.8 Å². The first kappa shape index (κ1) is 23.7. The van der Waals surface area contributed by atoms with Gasteiger partial charge in [0, 0.05) is 36.8 Å². The zero-order valence-electron chi connectivity index (χ0n) is 19.2. The number of rotatable bonds is 8. The Hall–Kier alpha value is -2.96. The van der Waals surface area contributed by atoms with Crippen LogP contribution >= 0.6 is 0 Å². The molecule has 0 radical (unpaired) electrons. The molecule has 1 aromatic heterocycles. The number of aromatic nitrogens is 1. The minimum Gasteiger partial charge on any atom is -0.396 e. The van der Waals surface area contributed by atoms with Crippen LogP contribution in [0, 0.1) is 11.7 Å². The third kappa shape index (κ3) is 5.64. The van der Waals surface area contributed by atoms with Gasteiger partial charge in [-0.05, 0) is 56.9 Å². The first-order chi connectivity index (χ1) is 15.3. The summed E-state index contributed by atoms with van der Waals surface area (Å²) in [4.78, 5) is 31.6. The summed E-state index contributed by atoms with van der Waals surface area (Å²) in [6.07, 6.45) is 3.54. The molecule has 0 saturated carbocycles. The smallest absolute Gasteiger partial charge is 0.227 e. The number of nitrogens with two attached hydrogens (primary N) is 1. The molecule has 7 heteroatoms. The van der Waals surface area contributed by atoms with E-state index in [9.17, 15) is 14.0 Å². The van der Waals surface area contributed by atoms with Crippen molar-refractivity contribution in [1.29, 1.82) is 0 Å². The van der Waals surface area contributed by atoms with Gasteiger partial charge in [0.25, 0.3) is 0 Å². The zero-order valence-corrected chi connectivity index (χ0v) is 19.2. The van der Waals surface area contributed by atoms with Gasteiger partial charge in [-0.1, -0.05) is 25.5 Å². The number of benzene rings is 1. The lowest BCUT2D eigenvalue weighted by atomic mass is 9.93. The standard InChI is InChI=1S/C25H33FN4O2/c1-4-5-21-8-6-20(24(29-21)30-12-10-18(11-13-30)17(3)31)15-28-25(32)16(2)19-7-9-23(27)22(26)14-19/h6-9,14,16,18H,4-5,10-13,15,27H2,1-3H3,(H,28,32). The molecule has 1 aliphatic heterocycles. The fourth-order valence-corrected chi connectivity index (χ4v) is 4.12. The van der Waals surface area contributed by atoms with Crippen molar-refractivity contribution < 1.29 is 14.0 Å². The highest BCUT2D eigenvalue weighted by atomic mass is 19.1. The normalized spacial score (nSPS) is 15.4. The second kappa shape index (κ2) is 10.6. The van der Waals surface area contributed by atoms with E-state index in [4.69, 9.17) is 10.7 Å². The maximum Gasteiger partial charge on any atom is 0.227 e. The number of amides is 1. The molecule has 0 bridgehead atoms. The van der Waals surface area contributed by atoms with Crippen LogP contribution in [-0.2, 0) is 22.6 Å². The molecule has 172 valence electrons. The predicted octanol–water partition coefficient (Wildman–Crippen LogP) is 3.98.